The van der Waals surface area contributed by atoms with Gasteiger partial charge in [-0.15, -0.1) is 5.10 Å². The Kier molecular flexibility index (Phi) is 5.72. The van der Waals surface area contributed by atoms with Gasteiger partial charge in [-0.3, -0.25) is 5.10 Å². The lowest BCUT2D eigenvalue weighted by Crippen LogP contribution is -2.34. The maximum atomic E-state index is 14.7. The number of anilines is 1. The van der Waals surface area contributed by atoms with Crippen LogP contribution in [0.1, 0.15) is 68.1 Å². The van der Waals surface area contributed by atoms with Gasteiger partial charge in [0, 0.05) is 24.7 Å². The Balaban J connectivity index is 1.43. The number of hydrogen-bond donors (Lipinski definition) is 1. The molecule has 0 bridgehead atoms. The summed E-state index contributed by atoms with van der Waals surface area (Å²) >= 11 is 0. The first-order chi connectivity index (χ1) is 16.7. The van der Waals surface area contributed by atoms with E-state index in [2.05, 4.69) is 45.4 Å². The summed E-state index contributed by atoms with van der Waals surface area (Å²) in [5, 5.41) is 7.39. The number of rotatable bonds is 4. The molecule has 0 unspecified atom stereocenters. The number of allylic oxidation sites excluding steroid dienone is 1. The molecule has 3 aromatic rings. The fraction of sp³-hybridized carbons (Fsp3) is 0.448. The number of carbonyl (C=O) groups is 1. The van der Waals surface area contributed by atoms with Crippen molar-refractivity contribution >= 4 is 28.4 Å². The summed E-state index contributed by atoms with van der Waals surface area (Å²) in [6.45, 7) is 1.86. The van der Waals surface area contributed by atoms with Crippen LogP contribution < -0.4 is 4.90 Å². The lowest BCUT2D eigenvalue weighted by Gasteiger charge is -2.31. The number of aromatic nitrogens is 2. The van der Waals surface area contributed by atoms with E-state index in [-0.39, 0.29) is 11.9 Å². The number of aldehydes is 1. The minimum absolute atomic E-state index is 0.206. The van der Waals surface area contributed by atoms with Gasteiger partial charge in [0.1, 0.15) is 6.29 Å². The van der Waals surface area contributed by atoms with E-state index in [0.29, 0.717) is 11.3 Å². The zero-order valence-corrected chi connectivity index (χ0v) is 19.7. The van der Waals surface area contributed by atoms with Gasteiger partial charge in [-0.05, 0) is 91.3 Å². The van der Waals surface area contributed by atoms with Crippen LogP contribution >= 0.6 is 0 Å². The molecule has 1 aromatic heterocycles. The molecule has 2 aliphatic carbocycles. The number of nitrogens with one attached hydrogen (secondary N) is 1. The van der Waals surface area contributed by atoms with Crippen molar-refractivity contribution in [2.75, 3.05) is 18.0 Å². The first kappa shape index (κ1) is 21.6. The predicted octanol–water partition coefficient (Wildman–Crippen LogP) is 6.45. The molecule has 2 aromatic carbocycles. The van der Waals surface area contributed by atoms with Crippen LogP contribution in [0.4, 0.5) is 10.1 Å². The Hall–Kier alpha value is -2.95. The molecule has 0 atom stereocenters. The molecule has 0 radical (unpaired) electrons. The van der Waals surface area contributed by atoms with Crippen molar-refractivity contribution in [1.82, 2.24) is 10.2 Å². The van der Waals surface area contributed by atoms with Crippen molar-refractivity contribution in [3.8, 4) is 0 Å². The van der Waals surface area contributed by atoms with Gasteiger partial charge in [0.15, 0.2) is 0 Å². The molecule has 6 rings (SSSR count). The van der Waals surface area contributed by atoms with Crippen molar-refractivity contribution in [3.63, 3.8) is 0 Å². The molecule has 0 spiro atoms. The Labute approximate surface area is 200 Å². The molecule has 1 saturated heterocycles. The largest absolute Gasteiger partial charge is 0.371 e. The number of halogens is 1. The van der Waals surface area contributed by atoms with Gasteiger partial charge in [-0.1, -0.05) is 36.6 Å². The highest BCUT2D eigenvalue weighted by Crippen LogP contribution is 2.45. The smallest absolute Gasteiger partial charge is 0.240 e. The van der Waals surface area contributed by atoms with Gasteiger partial charge in [-0.25, -0.2) is 0 Å². The number of benzene rings is 2. The summed E-state index contributed by atoms with van der Waals surface area (Å²) in [5.74, 6) is 0.453. The average molecular weight is 458 g/mol. The molecule has 2 heterocycles. The zero-order valence-electron chi connectivity index (χ0n) is 19.7. The Morgan fingerprint density at radius 3 is 2.44 bits per heavy atom. The van der Waals surface area contributed by atoms with E-state index in [1.165, 1.54) is 48.1 Å². The molecule has 1 aliphatic heterocycles. The third-order valence-electron chi connectivity index (χ3n) is 8.36. The van der Waals surface area contributed by atoms with Crippen molar-refractivity contribution in [2.24, 2.45) is 11.8 Å². The second-order valence-corrected chi connectivity index (χ2v) is 10.3. The third-order valence-corrected chi connectivity index (χ3v) is 8.36. The van der Waals surface area contributed by atoms with E-state index in [0.717, 1.165) is 62.6 Å². The summed E-state index contributed by atoms with van der Waals surface area (Å²) in [7, 11) is 0. The number of aryl methyl sites for hydroxylation is 1. The number of H-pyrrole nitrogens is 1. The summed E-state index contributed by atoms with van der Waals surface area (Å²) in [6, 6.07) is 13.2. The van der Waals surface area contributed by atoms with Gasteiger partial charge in [0.05, 0.1) is 10.9 Å². The van der Waals surface area contributed by atoms with E-state index >= 15 is 0 Å². The summed E-state index contributed by atoms with van der Waals surface area (Å²) < 4.78 is 14.7. The van der Waals surface area contributed by atoms with Crippen molar-refractivity contribution in [3.05, 3.63) is 64.6 Å². The standard InChI is InChI=1S/C29H32FN3O/c30-29-28-24-7-3-6-23(20-4-1-2-5-20)27(25(24)12-13-26(28)31-32-29)21-8-10-22(11-9-21)33-16-14-19(18-34)15-17-33/h8-13,18-20H,1-7,14-17H2,(H,31,32). The molecule has 4 nitrogen and oxygen atoms in total. The highest BCUT2D eigenvalue weighted by atomic mass is 19.1. The average Bonchev–Trinajstić information content (AvgIpc) is 3.50. The van der Waals surface area contributed by atoms with Crippen LogP contribution in [0.25, 0.3) is 16.5 Å². The van der Waals surface area contributed by atoms with Crippen LogP contribution in [0.5, 0.6) is 0 Å². The number of aromatic amines is 1. The first-order valence-electron chi connectivity index (χ1n) is 12.9. The Bertz CT molecular complexity index is 1230. The van der Waals surface area contributed by atoms with Gasteiger partial charge in [-0.2, -0.15) is 4.39 Å². The molecular weight excluding hydrogens is 425 g/mol. The van der Waals surface area contributed by atoms with E-state index in [1.54, 1.807) is 5.57 Å². The minimum atomic E-state index is -0.385. The maximum absolute atomic E-state index is 14.7. The molecule has 176 valence electrons. The van der Waals surface area contributed by atoms with Crippen LogP contribution in [0.3, 0.4) is 0 Å². The number of nitrogens with zero attached hydrogens (tertiary/aromatic N) is 2. The Morgan fingerprint density at radius 1 is 0.941 bits per heavy atom. The predicted molar refractivity (Wildman–Crippen MR) is 134 cm³/mol. The topological polar surface area (TPSA) is 49.0 Å². The molecule has 3 aliphatic rings. The lowest BCUT2D eigenvalue weighted by atomic mass is 9.84. The van der Waals surface area contributed by atoms with Gasteiger partial charge in [0.25, 0.3) is 0 Å². The monoisotopic (exact) mass is 457 g/mol. The fourth-order valence-electron chi connectivity index (χ4n) is 6.55. The summed E-state index contributed by atoms with van der Waals surface area (Å²) in [5.41, 5.74) is 8.43. The highest BCUT2D eigenvalue weighted by molar-refractivity contribution is 5.93. The zero-order chi connectivity index (χ0) is 23.1. The second-order valence-electron chi connectivity index (χ2n) is 10.3. The lowest BCUT2D eigenvalue weighted by molar-refractivity contribution is -0.111. The maximum Gasteiger partial charge on any atom is 0.240 e. The SMILES string of the molecule is O=CC1CCN(c2ccc(C3=C(C4CCCC4)CCCc4c3ccc3[nH]nc(F)c43)cc2)CC1. The number of hydrogen-bond acceptors (Lipinski definition) is 3. The molecule has 5 heteroatoms. The fourth-order valence-corrected chi connectivity index (χ4v) is 6.55. The third kappa shape index (κ3) is 3.75. The molecular formula is C29H32FN3O. The van der Waals surface area contributed by atoms with E-state index in [4.69, 9.17) is 0 Å². The summed E-state index contributed by atoms with van der Waals surface area (Å²) in [6.07, 6.45) is 11.1. The van der Waals surface area contributed by atoms with Crippen LogP contribution in [-0.4, -0.2) is 29.6 Å². The van der Waals surface area contributed by atoms with Crippen molar-refractivity contribution in [1.29, 1.82) is 0 Å². The first-order valence-corrected chi connectivity index (χ1v) is 12.9. The van der Waals surface area contributed by atoms with E-state index in [1.807, 2.05) is 6.07 Å². The van der Waals surface area contributed by atoms with Crippen molar-refractivity contribution < 1.29 is 9.18 Å². The number of piperidine rings is 1. The normalized spacial score (nSPS) is 20.1. The molecule has 0 amide bonds. The quantitative estimate of drug-likeness (QED) is 0.458. The highest BCUT2D eigenvalue weighted by Gasteiger charge is 2.28. The van der Waals surface area contributed by atoms with Gasteiger partial charge >= 0.3 is 0 Å². The van der Waals surface area contributed by atoms with E-state index < -0.39 is 0 Å². The second kappa shape index (κ2) is 9.01. The van der Waals surface area contributed by atoms with Crippen molar-refractivity contribution in [2.45, 2.75) is 57.8 Å². The van der Waals surface area contributed by atoms with Gasteiger partial charge in [0.2, 0.25) is 5.95 Å². The Morgan fingerprint density at radius 2 is 1.71 bits per heavy atom. The molecule has 1 saturated carbocycles. The number of carbonyl (C=O) groups excluding carboxylic acids is 1. The van der Waals surface area contributed by atoms with E-state index in [9.17, 15) is 9.18 Å². The van der Waals surface area contributed by atoms with Crippen LogP contribution in [0.2, 0.25) is 0 Å². The van der Waals surface area contributed by atoms with Crippen LogP contribution in [0, 0.1) is 17.8 Å². The van der Waals surface area contributed by atoms with Crippen LogP contribution in [-0.2, 0) is 11.2 Å². The number of fused-ring (bicyclic) bond motifs is 3. The van der Waals surface area contributed by atoms with Gasteiger partial charge < -0.3 is 9.69 Å². The molecule has 1 N–H and O–H groups in total. The molecule has 2 fully saturated rings. The minimum Gasteiger partial charge on any atom is -0.371 e. The molecule has 34 heavy (non-hydrogen) atoms. The summed E-state index contributed by atoms with van der Waals surface area (Å²) in [4.78, 5) is 13.5. The van der Waals surface area contributed by atoms with Crippen LogP contribution in [0.15, 0.2) is 42.0 Å².